The van der Waals surface area contributed by atoms with Gasteiger partial charge in [0.15, 0.2) is 5.13 Å². The molecule has 1 aliphatic carbocycles. The highest BCUT2D eigenvalue weighted by Gasteiger charge is 2.32. The van der Waals surface area contributed by atoms with Crippen molar-refractivity contribution in [3.8, 4) is 11.6 Å². The van der Waals surface area contributed by atoms with Crippen molar-refractivity contribution in [2.75, 3.05) is 43.4 Å². The number of aromatic nitrogens is 2. The molecule has 9 nitrogen and oxygen atoms in total. The first-order valence-electron chi connectivity index (χ1n) is 14.9. The Morgan fingerprint density at radius 1 is 0.978 bits per heavy atom. The average molecular weight is 639 g/mol. The second kappa shape index (κ2) is 12.7. The summed E-state index contributed by atoms with van der Waals surface area (Å²) < 4.78 is 47.5. The summed E-state index contributed by atoms with van der Waals surface area (Å²) in [6.45, 7) is 8.40. The summed E-state index contributed by atoms with van der Waals surface area (Å²) in [6.07, 6.45) is -2.81. The van der Waals surface area contributed by atoms with Crippen molar-refractivity contribution in [2.24, 2.45) is 5.92 Å². The number of carbonyl (C=O) groups excluding carboxylic acids is 2. The number of likely N-dealkylation sites (N-methyl/N-ethyl adjacent to an activating group) is 1. The third kappa shape index (κ3) is 7.60. The molecule has 1 saturated heterocycles. The highest BCUT2D eigenvalue weighted by atomic mass is 32.1. The van der Waals surface area contributed by atoms with E-state index < -0.39 is 17.6 Å². The largest absolute Gasteiger partial charge is 0.439 e. The summed E-state index contributed by atoms with van der Waals surface area (Å²) in [6, 6.07) is 12.0. The van der Waals surface area contributed by atoms with Crippen LogP contribution in [0.1, 0.15) is 46.8 Å². The van der Waals surface area contributed by atoms with E-state index in [9.17, 15) is 22.8 Å². The number of alkyl halides is 3. The van der Waals surface area contributed by atoms with Crippen LogP contribution in [-0.4, -0.2) is 64.3 Å². The monoisotopic (exact) mass is 638 g/mol. The second-order valence-electron chi connectivity index (χ2n) is 11.4. The van der Waals surface area contributed by atoms with Crippen LogP contribution in [-0.2, 0) is 17.5 Å². The molecule has 3 heterocycles. The molecular formula is C32H33F3N6O3S. The van der Waals surface area contributed by atoms with Gasteiger partial charge in [-0.05, 0) is 67.8 Å². The van der Waals surface area contributed by atoms with Crippen molar-refractivity contribution in [1.82, 2.24) is 19.8 Å². The zero-order valence-electron chi connectivity index (χ0n) is 24.9. The Morgan fingerprint density at radius 2 is 1.73 bits per heavy atom. The van der Waals surface area contributed by atoms with Crippen LogP contribution < -0.4 is 15.4 Å². The Bertz CT molecular complexity index is 1730. The molecule has 2 aliphatic rings. The lowest BCUT2D eigenvalue weighted by Crippen LogP contribution is -2.45. The molecule has 0 unspecified atom stereocenters. The molecule has 0 bridgehead atoms. The minimum atomic E-state index is -4.59. The Labute approximate surface area is 262 Å². The van der Waals surface area contributed by atoms with Gasteiger partial charge in [0.1, 0.15) is 16.1 Å². The van der Waals surface area contributed by atoms with Crippen LogP contribution in [0.15, 0.2) is 48.5 Å². The lowest BCUT2D eigenvalue weighted by molar-refractivity contribution is -0.137. The molecule has 2 aromatic heterocycles. The summed E-state index contributed by atoms with van der Waals surface area (Å²) >= 11 is 1.25. The van der Waals surface area contributed by atoms with E-state index in [0.717, 1.165) is 63.3 Å². The van der Waals surface area contributed by atoms with E-state index in [0.29, 0.717) is 44.9 Å². The van der Waals surface area contributed by atoms with Crippen LogP contribution in [0.2, 0.25) is 0 Å². The molecule has 236 valence electrons. The summed E-state index contributed by atoms with van der Waals surface area (Å²) in [7, 11) is 0. The van der Waals surface area contributed by atoms with Crippen LogP contribution in [0.25, 0.3) is 10.3 Å². The van der Waals surface area contributed by atoms with Crippen molar-refractivity contribution in [3.63, 3.8) is 0 Å². The molecule has 0 atom stereocenters. The molecule has 2 aromatic carbocycles. The Hall–Kier alpha value is -4.07. The predicted octanol–water partition coefficient (Wildman–Crippen LogP) is 6.55. The van der Waals surface area contributed by atoms with E-state index in [1.807, 2.05) is 6.92 Å². The number of anilines is 2. The number of carbonyl (C=O) groups is 2. The van der Waals surface area contributed by atoms with Crippen molar-refractivity contribution < 1.29 is 27.5 Å². The summed E-state index contributed by atoms with van der Waals surface area (Å²) in [5.41, 5.74) is 1.26. The Morgan fingerprint density at radius 3 is 2.44 bits per heavy atom. The van der Waals surface area contributed by atoms with Crippen LogP contribution in [0.4, 0.5) is 24.0 Å². The standard InChI is InChI=1S/C32H33F3N6O3S/c1-3-40-10-12-41(13-11-40)18-20-14-22(16-23(15-20)32(33,34)35)29(43)36-24-7-4-19(2)26(17-24)44-27-9-8-25-30(38-27)45-31(37-25)39-28(42)21-5-6-21/h4,7-9,14-17,21H,3,5-6,10-13,18H2,1-2H3,(H,36,43)(H,37,39,42). The third-order valence-electron chi connectivity index (χ3n) is 7.97. The molecule has 2 fully saturated rings. The topological polar surface area (TPSA) is 99.7 Å². The first kappa shape index (κ1) is 30.9. The maximum Gasteiger partial charge on any atom is 0.416 e. The molecule has 1 aliphatic heterocycles. The summed E-state index contributed by atoms with van der Waals surface area (Å²) in [5, 5.41) is 6.03. The average Bonchev–Trinajstić information content (AvgIpc) is 3.79. The first-order valence-corrected chi connectivity index (χ1v) is 15.7. The number of ether oxygens (including phenoxy) is 1. The molecule has 1 saturated carbocycles. The van der Waals surface area contributed by atoms with E-state index in [1.54, 1.807) is 30.3 Å². The van der Waals surface area contributed by atoms with E-state index in [-0.39, 0.29) is 17.4 Å². The number of aryl methyl sites for hydroxylation is 1. The number of nitrogens with one attached hydrogen (secondary N) is 2. The number of benzene rings is 2. The molecule has 45 heavy (non-hydrogen) atoms. The van der Waals surface area contributed by atoms with E-state index in [4.69, 9.17) is 4.74 Å². The number of fused-ring (bicyclic) bond motifs is 1. The number of rotatable bonds is 9. The van der Waals surface area contributed by atoms with Gasteiger partial charge in [-0.2, -0.15) is 13.2 Å². The van der Waals surface area contributed by atoms with Crippen LogP contribution in [0.5, 0.6) is 11.6 Å². The fourth-order valence-electron chi connectivity index (χ4n) is 5.17. The minimum absolute atomic E-state index is 0.0353. The minimum Gasteiger partial charge on any atom is -0.439 e. The van der Waals surface area contributed by atoms with E-state index >= 15 is 0 Å². The second-order valence-corrected chi connectivity index (χ2v) is 12.4. The normalized spacial score (nSPS) is 16.1. The van der Waals surface area contributed by atoms with Crippen molar-refractivity contribution in [1.29, 1.82) is 0 Å². The van der Waals surface area contributed by atoms with Gasteiger partial charge in [0.25, 0.3) is 5.91 Å². The van der Waals surface area contributed by atoms with Gasteiger partial charge in [0.2, 0.25) is 11.8 Å². The molecule has 2 N–H and O–H groups in total. The van der Waals surface area contributed by atoms with E-state index in [1.165, 1.54) is 17.4 Å². The van der Waals surface area contributed by atoms with Gasteiger partial charge in [-0.15, -0.1) is 0 Å². The maximum absolute atomic E-state index is 13.8. The van der Waals surface area contributed by atoms with E-state index in [2.05, 4.69) is 37.3 Å². The Kier molecular flexibility index (Phi) is 8.76. The summed E-state index contributed by atoms with van der Waals surface area (Å²) in [5.74, 6) is 0.0781. The number of thiazole rings is 1. The molecule has 0 radical (unpaired) electrons. The maximum atomic E-state index is 13.8. The number of halogens is 3. The number of nitrogens with zero attached hydrogens (tertiary/aromatic N) is 4. The van der Waals surface area contributed by atoms with Crippen LogP contribution in [0, 0.1) is 12.8 Å². The zero-order chi connectivity index (χ0) is 31.7. The van der Waals surface area contributed by atoms with Gasteiger partial charge in [0, 0.05) is 62.0 Å². The number of hydrogen-bond acceptors (Lipinski definition) is 8. The first-order chi connectivity index (χ1) is 21.5. The van der Waals surface area contributed by atoms with Gasteiger partial charge in [-0.25, -0.2) is 9.97 Å². The lowest BCUT2D eigenvalue weighted by atomic mass is 10.0. The lowest BCUT2D eigenvalue weighted by Gasteiger charge is -2.34. The third-order valence-corrected chi connectivity index (χ3v) is 8.85. The predicted molar refractivity (Wildman–Crippen MR) is 167 cm³/mol. The van der Waals surface area contributed by atoms with Gasteiger partial charge >= 0.3 is 6.18 Å². The fourth-order valence-corrected chi connectivity index (χ4v) is 6.00. The molecule has 13 heteroatoms. The van der Waals surface area contributed by atoms with Crippen molar-refractivity contribution in [2.45, 2.75) is 39.4 Å². The fraction of sp³-hybridized carbons (Fsp3) is 0.375. The number of pyridine rings is 1. The smallest absolute Gasteiger partial charge is 0.416 e. The van der Waals surface area contributed by atoms with Gasteiger partial charge < -0.3 is 20.3 Å². The quantitative estimate of drug-likeness (QED) is 0.215. The number of piperazine rings is 1. The highest BCUT2D eigenvalue weighted by Crippen LogP contribution is 2.34. The van der Waals surface area contributed by atoms with Gasteiger partial charge in [-0.1, -0.05) is 24.3 Å². The van der Waals surface area contributed by atoms with Crippen LogP contribution >= 0.6 is 11.3 Å². The van der Waals surface area contributed by atoms with Crippen molar-refractivity contribution >= 4 is 44.3 Å². The van der Waals surface area contributed by atoms with Crippen LogP contribution in [0.3, 0.4) is 0 Å². The Balaban J connectivity index is 1.17. The molecule has 6 rings (SSSR count). The molecule has 0 spiro atoms. The van der Waals surface area contributed by atoms with Crippen molar-refractivity contribution in [3.05, 3.63) is 70.8 Å². The molecule has 4 aromatic rings. The van der Waals surface area contributed by atoms with Gasteiger partial charge in [0.05, 0.1) is 5.56 Å². The molecule has 2 amide bonds. The summed E-state index contributed by atoms with van der Waals surface area (Å²) in [4.78, 5) is 39.3. The SMILES string of the molecule is CCN1CCN(Cc2cc(C(=O)Nc3ccc(C)c(Oc4ccc5nc(NC(=O)C6CC6)sc5n4)c3)cc(C(F)(F)F)c2)CC1. The highest BCUT2D eigenvalue weighted by molar-refractivity contribution is 7.21. The zero-order valence-corrected chi connectivity index (χ0v) is 25.7. The number of amides is 2. The number of hydrogen-bond donors (Lipinski definition) is 2. The molecular weight excluding hydrogens is 605 g/mol. The van der Waals surface area contributed by atoms with Gasteiger partial charge in [-0.3, -0.25) is 14.5 Å².